The van der Waals surface area contributed by atoms with Gasteiger partial charge in [-0.3, -0.25) is 4.79 Å². The van der Waals surface area contributed by atoms with Crippen LogP contribution in [0.4, 0.5) is 0 Å². The van der Waals surface area contributed by atoms with Crippen LogP contribution in [0.15, 0.2) is 12.4 Å². The minimum absolute atomic E-state index is 0.184. The van der Waals surface area contributed by atoms with Gasteiger partial charge >= 0.3 is 0 Å². The standard InChI is InChI=1S/C14H22N4O/c19-14(11-3-1-5-15-9-11)18-8-2-4-12(10-18)13-16-6-7-17-13/h6-7,11-12,15H,1-5,8-10H2,(H,16,17). The number of H-pyrrole nitrogens is 1. The zero-order valence-corrected chi connectivity index (χ0v) is 11.3. The van der Waals surface area contributed by atoms with E-state index in [0.29, 0.717) is 11.8 Å². The Hall–Kier alpha value is -1.36. The number of aromatic amines is 1. The van der Waals surface area contributed by atoms with Crippen LogP contribution in [0.25, 0.3) is 0 Å². The minimum Gasteiger partial charge on any atom is -0.348 e. The number of nitrogens with zero attached hydrogens (tertiary/aromatic N) is 2. The van der Waals surface area contributed by atoms with Crippen LogP contribution in [0.1, 0.15) is 37.4 Å². The van der Waals surface area contributed by atoms with Gasteiger partial charge in [0.25, 0.3) is 0 Å². The van der Waals surface area contributed by atoms with Crippen molar-refractivity contribution >= 4 is 5.91 Å². The molecule has 0 bridgehead atoms. The SMILES string of the molecule is O=C(C1CCCNC1)N1CCCC(c2ncc[nH]2)C1. The maximum Gasteiger partial charge on any atom is 0.226 e. The number of carbonyl (C=O) groups is 1. The van der Waals surface area contributed by atoms with Crippen LogP contribution < -0.4 is 5.32 Å². The second-order valence-electron chi connectivity index (χ2n) is 5.64. The third-order valence-electron chi connectivity index (χ3n) is 4.29. The summed E-state index contributed by atoms with van der Waals surface area (Å²) in [6.45, 7) is 3.63. The highest BCUT2D eigenvalue weighted by atomic mass is 16.2. The minimum atomic E-state index is 0.184. The van der Waals surface area contributed by atoms with Crippen molar-refractivity contribution in [2.45, 2.75) is 31.6 Å². The number of piperidine rings is 2. The number of likely N-dealkylation sites (tertiary alicyclic amines) is 1. The van der Waals surface area contributed by atoms with Crippen molar-refractivity contribution in [3.8, 4) is 0 Å². The molecule has 2 fully saturated rings. The van der Waals surface area contributed by atoms with Crippen molar-refractivity contribution in [1.82, 2.24) is 20.2 Å². The summed E-state index contributed by atoms with van der Waals surface area (Å²) in [5, 5.41) is 3.33. The summed E-state index contributed by atoms with van der Waals surface area (Å²) in [4.78, 5) is 22.1. The van der Waals surface area contributed by atoms with Gasteiger partial charge in [0.05, 0.1) is 5.92 Å². The molecule has 3 rings (SSSR count). The Labute approximate surface area is 113 Å². The summed E-state index contributed by atoms with van der Waals surface area (Å²) in [6.07, 6.45) is 8.01. The smallest absolute Gasteiger partial charge is 0.226 e. The molecule has 1 aromatic rings. The predicted molar refractivity (Wildman–Crippen MR) is 72.7 cm³/mol. The highest BCUT2D eigenvalue weighted by molar-refractivity contribution is 5.79. The summed E-state index contributed by atoms with van der Waals surface area (Å²) < 4.78 is 0. The summed E-state index contributed by atoms with van der Waals surface area (Å²) in [5.74, 6) is 1.93. The summed E-state index contributed by atoms with van der Waals surface area (Å²) in [7, 11) is 0. The lowest BCUT2D eigenvalue weighted by Crippen LogP contribution is -2.46. The second kappa shape index (κ2) is 5.74. The fraction of sp³-hybridized carbons (Fsp3) is 0.714. The zero-order chi connectivity index (χ0) is 13.1. The van der Waals surface area contributed by atoms with Crippen molar-refractivity contribution in [2.24, 2.45) is 5.92 Å². The molecule has 0 aliphatic carbocycles. The summed E-state index contributed by atoms with van der Waals surface area (Å²) >= 11 is 0. The molecular weight excluding hydrogens is 240 g/mol. The molecule has 2 aliphatic rings. The van der Waals surface area contributed by atoms with E-state index in [9.17, 15) is 4.79 Å². The van der Waals surface area contributed by atoms with Crippen molar-refractivity contribution in [3.05, 3.63) is 18.2 Å². The molecule has 0 spiro atoms. The molecule has 1 aromatic heterocycles. The van der Waals surface area contributed by atoms with Gasteiger partial charge in [0, 0.05) is 37.9 Å². The lowest BCUT2D eigenvalue weighted by Gasteiger charge is -2.35. The monoisotopic (exact) mass is 262 g/mol. The zero-order valence-electron chi connectivity index (χ0n) is 11.3. The number of imidazole rings is 1. The molecule has 0 aromatic carbocycles. The topological polar surface area (TPSA) is 61.0 Å². The predicted octanol–water partition coefficient (Wildman–Crippen LogP) is 1.12. The van der Waals surface area contributed by atoms with Crippen LogP contribution in [0.3, 0.4) is 0 Å². The lowest BCUT2D eigenvalue weighted by molar-refractivity contribution is -0.137. The van der Waals surface area contributed by atoms with Gasteiger partial charge in [-0.1, -0.05) is 0 Å². The maximum atomic E-state index is 12.5. The molecule has 2 unspecified atom stereocenters. The van der Waals surface area contributed by atoms with Gasteiger partial charge in [-0.25, -0.2) is 4.98 Å². The van der Waals surface area contributed by atoms with Gasteiger partial charge in [-0.2, -0.15) is 0 Å². The van der Waals surface area contributed by atoms with Gasteiger partial charge in [0.2, 0.25) is 5.91 Å². The van der Waals surface area contributed by atoms with Crippen LogP contribution in [0.5, 0.6) is 0 Å². The van der Waals surface area contributed by atoms with E-state index in [2.05, 4.69) is 15.3 Å². The average Bonchev–Trinajstić information content (AvgIpc) is 3.02. The van der Waals surface area contributed by atoms with E-state index in [1.165, 1.54) is 0 Å². The molecule has 2 saturated heterocycles. The van der Waals surface area contributed by atoms with Gasteiger partial charge in [0.1, 0.15) is 5.82 Å². The molecule has 3 heterocycles. The largest absolute Gasteiger partial charge is 0.348 e. The fourth-order valence-electron chi connectivity index (χ4n) is 3.22. The number of aromatic nitrogens is 2. The van der Waals surface area contributed by atoms with Gasteiger partial charge in [-0.15, -0.1) is 0 Å². The molecular formula is C14H22N4O. The Bertz CT molecular complexity index is 411. The number of hydrogen-bond acceptors (Lipinski definition) is 3. The molecule has 5 nitrogen and oxygen atoms in total. The second-order valence-corrected chi connectivity index (χ2v) is 5.64. The molecule has 0 radical (unpaired) electrons. The molecule has 0 saturated carbocycles. The average molecular weight is 262 g/mol. The highest BCUT2D eigenvalue weighted by Crippen LogP contribution is 2.26. The first-order valence-electron chi connectivity index (χ1n) is 7.33. The molecule has 5 heteroatoms. The molecule has 19 heavy (non-hydrogen) atoms. The van der Waals surface area contributed by atoms with Crippen LogP contribution >= 0.6 is 0 Å². The quantitative estimate of drug-likeness (QED) is 0.839. The van der Waals surface area contributed by atoms with Gasteiger partial charge < -0.3 is 15.2 Å². The van der Waals surface area contributed by atoms with E-state index in [-0.39, 0.29) is 5.92 Å². The molecule has 104 valence electrons. The van der Waals surface area contributed by atoms with Crippen molar-refractivity contribution in [1.29, 1.82) is 0 Å². The van der Waals surface area contributed by atoms with E-state index in [0.717, 1.165) is 57.7 Å². The number of hydrogen-bond donors (Lipinski definition) is 2. The Kier molecular flexibility index (Phi) is 3.82. The number of nitrogens with one attached hydrogen (secondary N) is 2. The van der Waals surface area contributed by atoms with Crippen molar-refractivity contribution < 1.29 is 4.79 Å². The van der Waals surface area contributed by atoms with Crippen LogP contribution in [0.2, 0.25) is 0 Å². The van der Waals surface area contributed by atoms with E-state index >= 15 is 0 Å². The molecule has 2 N–H and O–H groups in total. The van der Waals surface area contributed by atoms with Gasteiger partial charge in [0.15, 0.2) is 0 Å². The third-order valence-corrected chi connectivity index (χ3v) is 4.29. The van der Waals surface area contributed by atoms with Gasteiger partial charge in [-0.05, 0) is 32.2 Å². The van der Waals surface area contributed by atoms with Crippen molar-refractivity contribution in [2.75, 3.05) is 26.2 Å². The van der Waals surface area contributed by atoms with Crippen LogP contribution in [-0.4, -0.2) is 47.0 Å². The third kappa shape index (κ3) is 2.81. The molecule has 2 atom stereocenters. The maximum absolute atomic E-state index is 12.5. The Morgan fingerprint density at radius 2 is 2.32 bits per heavy atom. The molecule has 2 aliphatic heterocycles. The van der Waals surface area contributed by atoms with E-state index in [1.54, 1.807) is 6.20 Å². The van der Waals surface area contributed by atoms with E-state index < -0.39 is 0 Å². The van der Waals surface area contributed by atoms with E-state index in [1.807, 2.05) is 11.1 Å². The number of amides is 1. The number of rotatable bonds is 2. The van der Waals surface area contributed by atoms with Crippen LogP contribution in [-0.2, 0) is 4.79 Å². The Morgan fingerprint density at radius 3 is 3.05 bits per heavy atom. The summed E-state index contributed by atoms with van der Waals surface area (Å²) in [5.41, 5.74) is 0. The Balaban J connectivity index is 1.62. The summed E-state index contributed by atoms with van der Waals surface area (Å²) in [6, 6.07) is 0. The van der Waals surface area contributed by atoms with Crippen LogP contribution in [0, 0.1) is 5.92 Å². The first-order chi connectivity index (χ1) is 9.34. The Morgan fingerprint density at radius 1 is 1.37 bits per heavy atom. The first-order valence-corrected chi connectivity index (χ1v) is 7.33. The fourth-order valence-corrected chi connectivity index (χ4v) is 3.22. The van der Waals surface area contributed by atoms with Crippen molar-refractivity contribution in [3.63, 3.8) is 0 Å². The highest BCUT2D eigenvalue weighted by Gasteiger charge is 2.30. The lowest BCUT2D eigenvalue weighted by atomic mass is 9.93. The first kappa shape index (κ1) is 12.7. The normalized spacial score (nSPS) is 28.3. The number of carbonyl (C=O) groups excluding carboxylic acids is 1. The molecule has 1 amide bonds. The van der Waals surface area contributed by atoms with E-state index in [4.69, 9.17) is 0 Å².